The molecule has 0 aliphatic rings. The molecule has 1 aromatic carbocycles. The second-order valence-corrected chi connectivity index (χ2v) is 4.32. The van der Waals surface area contributed by atoms with Gasteiger partial charge in [-0.05, 0) is 24.3 Å². The van der Waals surface area contributed by atoms with Gasteiger partial charge in [-0.15, -0.1) is 0 Å². The molecular weight excluding hydrogens is 254 g/mol. The molecule has 2 nitrogen and oxygen atoms in total. The molecule has 2 N–H and O–H groups in total. The van der Waals surface area contributed by atoms with Crippen LogP contribution in [-0.4, -0.2) is 0 Å². The fraction of sp³-hybridized carbons (Fsp3) is 0.167. The molecule has 0 aliphatic heterocycles. The number of furan rings is 1. The fourth-order valence-corrected chi connectivity index (χ4v) is 1.92. The van der Waals surface area contributed by atoms with Gasteiger partial charge in [-0.2, -0.15) is 0 Å². The molecule has 0 atom stereocenters. The Kier molecular flexibility index (Phi) is 3.59. The van der Waals surface area contributed by atoms with Crippen LogP contribution in [0.2, 0.25) is 0 Å². The van der Waals surface area contributed by atoms with Gasteiger partial charge in [-0.3, -0.25) is 0 Å². The molecule has 0 radical (unpaired) electrons. The monoisotopic (exact) mass is 266 g/mol. The Bertz CT molecular complexity index is 411. The molecule has 0 amide bonds. The Morgan fingerprint density at radius 1 is 1.13 bits per heavy atom. The number of halogens is 1. The summed E-state index contributed by atoms with van der Waals surface area (Å²) in [6.07, 6.45) is 1.71. The first-order chi connectivity index (χ1) is 7.34. The van der Waals surface area contributed by atoms with Crippen molar-refractivity contribution < 1.29 is 9.73 Å². The van der Waals surface area contributed by atoms with Crippen LogP contribution in [0.25, 0.3) is 0 Å². The number of hydrogen-bond donors (Lipinski definition) is 1. The topological polar surface area (TPSA) is 29.8 Å². The van der Waals surface area contributed by atoms with Gasteiger partial charge in [0.2, 0.25) is 0 Å². The lowest BCUT2D eigenvalue weighted by Gasteiger charge is -2.00. The van der Waals surface area contributed by atoms with E-state index < -0.39 is 0 Å². The van der Waals surface area contributed by atoms with Gasteiger partial charge in [-0.1, -0.05) is 28.1 Å². The standard InChI is InChI=1S/C12H12BrNO/c13-11-4-1-3-10(7-11)8-14-9-12-5-2-6-15-12/h1-7,14H,8-9H2/p+1. The molecule has 2 aromatic rings. The first-order valence-electron chi connectivity index (χ1n) is 4.93. The maximum absolute atomic E-state index is 5.25. The second-order valence-electron chi connectivity index (χ2n) is 3.41. The fourth-order valence-electron chi connectivity index (χ4n) is 1.47. The van der Waals surface area contributed by atoms with Crippen molar-refractivity contribution in [1.29, 1.82) is 0 Å². The second kappa shape index (κ2) is 5.14. The van der Waals surface area contributed by atoms with Crippen molar-refractivity contribution in [3.63, 3.8) is 0 Å². The predicted molar refractivity (Wildman–Crippen MR) is 62.2 cm³/mol. The number of rotatable bonds is 4. The lowest BCUT2D eigenvalue weighted by Crippen LogP contribution is -2.80. The van der Waals surface area contributed by atoms with Crippen molar-refractivity contribution in [3.05, 3.63) is 58.5 Å². The van der Waals surface area contributed by atoms with Gasteiger partial charge >= 0.3 is 0 Å². The quantitative estimate of drug-likeness (QED) is 0.905. The molecule has 0 spiro atoms. The summed E-state index contributed by atoms with van der Waals surface area (Å²) in [5, 5.41) is 2.22. The Labute approximate surface area is 97.4 Å². The van der Waals surface area contributed by atoms with Crippen LogP contribution in [0.1, 0.15) is 11.3 Å². The Morgan fingerprint density at radius 3 is 2.80 bits per heavy atom. The maximum atomic E-state index is 5.25. The van der Waals surface area contributed by atoms with Crippen molar-refractivity contribution in [3.8, 4) is 0 Å². The largest absolute Gasteiger partial charge is 0.463 e. The van der Waals surface area contributed by atoms with E-state index in [1.807, 2.05) is 18.2 Å². The first kappa shape index (κ1) is 10.5. The summed E-state index contributed by atoms with van der Waals surface area (Å²) in [6.45, 7) is 1.86. The number of nitrogens with two attached hydrogens (primary N) is 1. The molecule has 1 heterocycles. The van der Waals surface area contributed by atoms with Crippen molar-refractivity contribution in [2.75, 3.05) is 0 Å². The zero-order valence-electron chi connectivity index (χ0n) is 8.32. The van der Waals surface area contributed by atoms with Gasteiger partial charge in [0.15, 0.2) is 5.76 Å². The van der Waals surface area contributed by atoms with Gasteiger partial charge < -0.3 is 9.73 Å². The van der Waals surface area contributed by atoms with Crippen LogP contribution in [0.3, 0.4) is 0 Å². The van der Waals surface area contributed by atoms with E-state index in [0.717, 1.165) is 23.3 Å². The summed E-state index contributed by atoms with van der Waals surface area (Å²) < 4.78 is 6.39. The third-order valence-corrected chi connectivity index (χ3v) is 2.69. The van der Waals surface area contributed by atoms with Gasteiger partial charge in [0.05, 0.1) is 6.26 Å². The summed E-state index contributed by atoms with van der Waals surface area (Å²) >= 11 is 3.46. The Morgan fingerprint density at radius 2 is 2.07 bits per heavy atom. The van der Waals surface area contributed by atoms with Crippen LogP contribution in [0.5, 0.6) is 0 Å². The molecule has 0 unspecified atom stereocenters. The summed E-state index contributed by atoms with van der Waals surface area (Å²) in [5.74, 6) is 1.02. The summed E-state index contributed by atoms with van der Waals surface area (Å²) in [6, 6.07) is 12.3. The minimum Gasteiger partial charge on any atom is -0.463 e. The molecule has 15 heavy (non-hydrogen) atoms. The van der Waals surface area contributed by atoms with Crippen LogP contribution in [0.15, 0.2) is 51.6 Å². The average Bonchev–Trinajstić information content (AvgIpc) is 2.71. The summed E-state index contributed by atoms with van der Waals surface area (Å²) in [4.78, 5) is 0. The van der Waals surface area contributed by atoms with Crippen LogP contribution in [0.4, 0.5) is 0 Å². The van der Waals surface area contributed by atoms with Gasteiger partial charge in [0.25, 0.3) is 0 Å². The molecule has 0 aliphatic carbocycles. The lowest BCUT2D eigenvalue weighted by molar-refractivity contribution is -0.688. The van der Waals surface area contributed by atoms with E-state index in [0.29, 0.717) is 0 Å². The molecule has 0 fully saturated rings. The van der Waals surface area contributed by atoms with Crippen molar-refractivity contribution >= 4 is 15.9 Å². The molecule has 0 bridgehead atoms. The highest BCUT2D eigenvalue weighted by Crippen LogP contribution is 2.10. The number of quaternary nitrogens is 1. The van der Waals surface area contributed by atoms with Crippen molar-refractivity contribution in [1.82, 2.24) is 0 Å². The molecule has 0 saturated carbocycles. The van der Waals surface area contributed by atoms with Crippen LogP contribution in [-0.2, 0) is 13.1 Å². The zero-order valence-corrected chi connectivity index (χ0v) is 9.91. The third-order valence-electron chi connectivity index (χ3n) is 2.19. The predicted octanol–water partition coefficient (Wildman–Crippen LogP) is 2.31. The zero-order chi connectivity index (χ0) is 10.5. The highest BCUT2D eigenvalue weighted by molar-refractivity contribution is 9.10. The minimum atomic E-state index is 0.888. The van der Waals surface area contributed by atoms with E-state index in [-0.39, 0.29) is 0 Å². The minimum absolute atomic E-state index is 0.888. The smallest absolute Gasteiger partial charge is 0.157 e. The van der Waals surface area contributed by atoms with E-state index in [1.54, 1.807) is 6.26 Å². The molecule has 78 valence electrons. The molecule has 2 rings (SSSR count). The highest BCUT2D eigenvalue weighted by atomic mass is 79.9. The van der Waals surface area contributed by atoms with E-state index in [9.17, 15) is 0 Å². The van der Waals surface area contributed by atoms with E-state index in [1.165, 1.54) is 5.56 Å². The summed E-state index contributed by atoms with van der Waals surface area (Å²) in [7, 11) is 0. The first-order valence-corrected chi connectivity index (χ1v) is 5.72. The molecular formula is C12H13BrNO+. The van der Waals surface area contributed by atoms with Crippen molar-refractivity contribution in [2.45, 2.75) is 13.1 Å². The Hall–Kier alpha value is -1.06. The molecule has 1 aromatic heterocycles. The number of benzene rings is 1. The lowest BCUT2D eigenvalue weighted by atomic mass is 10.2. The van der Waals surface area contributed by atoms with Gasteiger partial charge in [0.1, 0.15) is 13.1 Å². The maximum Gasteiger partial charge on any atom is 0.157 e. The normalized spacial score (nSPS) is 10.5. The van der Waals surface area contributed by atoms with Crippen LogP contribution >= 0.6 is 15.9 Å². The SMILES string of the molecule is Brc1cccc(C[NH2+]Cc2ccco2)c1. The third kappa shape index (κ3) is 3.22. The van der Waals surface area contributed by atoms with Gasteiger partial charge in [-0.25, -0.2) is 0 Å². The van der Waals surface area contributed by atoms with Crippen LogP contribution in [0, 0.1) is 0 Å². The average molecular weight is 267 g/mol. The van der Waals surface area contributed by atoms with Crippen LogP contribution < -0.4 is 5.32 Å². The molecule has 3 heteroatoms. The van der Waals surface area contributed by atoms with E-state index in [4.69, 9.17) is 4.42 Å². The molecule has 0 saturated heterocycles. The van der Waals surface area contributed by atoms with Crippen molar-refractivity contribution in [2.24, 2.45) is 0 Å². The Balaban J connectivity index is 1.83. The van der Waals surface area contributed by atoms with Gasteiger partial charge in [0, 0.05) is 10.0 Å². The van der Waals surface area contributed by atoms with E-state index >= 15 is 0 Å². The highest BCUT2D eigenvalue weighted by Gasteiger charge is 1.99. The summed E-state index contributed by atoms with van der Waals surface area (Å²) in [5.41, 5.74) is 1.32. The van der Waals surface area contributed by atoms with E-state index in [2.05, 4.69) is 39.4 Å². The number of hydrogen-bond acceptors (Lipinski definition) is 1.